The van der Waals surface area contributed by atoms with Crippen LogP contribution < -0.4 is 4.74 Å². The molecule has 96 valence electrons. The van der Waals surface area contributed by atoms with Crippen LogP contribution in [0.2, 0.25) is 0 Å². The standard InChI is InChI=1S/C11H11BrF4O/c12-7-8-2-3-10(9(13)6-8)17-5-1-4-11(14,15)16/h2-3,6H,1,4-5,7H2. The zero-order valence-corrected chi connectivity index (χ0v) is 10.4. The molecule has 0 spiro atoms. The Labute approximate surface area is 105 Å². The fraction of sp³-hybridized carbons (Fsp3) is 0.455. The van der Waals surface area contributed by atoms with Gasteiger partial charge in [-0.3, -0.25) is 0 Å². The van der Waals surface area contributed by atoms with Crippen molar-refractivity contribution in [3.63, 3.8) is 0 Å². The summed E-state index contributed by atoms with van der Waals surface area (Å²) in [5, 5.41) is 0.512. The van der Waals surface area contributed by atoms with Gasteiger partial charge in [-0.15, -0.1) is 0 Å². The average molecular weight is 315 g/mol. The molecule has 0 atom stereocenters. The maximum absolute atomic E-state index is 13.3. The number of benzene rings is 1. The molecule has 1 aromatic carbocycles. The molecule has 0 bridgehead atoms. The lowest BCUT2D eigenvalue weighted by molar-refractivity contribution is -0.136. The van der Waals surface area contributed by atoms with Gasteiger partial charge in [0.15, 0.2) is 11.6 Å². The molecule has 17 heavy (non-hydrogen) atoms. The molecule has 0 saturated heterocycles. The van der Waals surface area contributed by atoms with E-state index in [4.69, 9.17) is 4.74 Å². The van der Waals surface area contributed by atoms with Crippen LogP contribution in [0, 0.1) is 5.82 Å². The molecule has 0 radical (unpaired) electrons. The zero-order chi connectivity index (χ0) is 12.9. The first kappa shape index (κ1) is 14.3. The van der Waals surface area contributed by atoms with Crippen molar-refractivity contribution in [2.45, 2.75) is 24.3 Å². The van der Waals surface area contributed by atoms with E-state index in [-0.39, 0.29) is 18.8 Å². The van der Waals surface area contributed by atoms with Crippen molar-refractivity contribution >= 4 is 15.9 Å². The van der Waals surface area contributed by atoms with Crippen molar-refractivity contribution in [3.8, 4) is 5.75 Å². The van der Waals surface area contributed by atoms with E-state index in [2.05, 4.69) is 15.9 Å². The highest BCUT2D eigenvalue weighted by Gasteiger charge is 2.26. The molecule has 1 aromatic rings. The molecule has 1 nitrogen and oxygen atoms in total. The van der Waals surface area contributed by atoms with E-state index in [0.717, 1.165) is 5.56 Å². The zero-order valence-electron chi connectivity index (χ0n) is 8.86. The van der Waals surface area contributed by atoms with Crippen molar-refractivity contribution in [1.29, 1.82) is 0 Å². The molecule has 0 fully saturated rings. The summed E-state index contributed by atoms with van der Waals surface area (Å²) in [7, 11) is 0. The smallest absolute Gasteiger partial charge is 0.389 e. The molecule has 0 aliphatic carbocycles. The van der Waals surface area contributed by atoms with Gasteiger partial charge < -0.3 is 4.74 Å². The molecule has 1 rings (SSSR count). The summed E-state index contributed by atoms with van der Waals surface area (Å²) in [6, 6.07) is 4.35. The summed E-state index contributed by atoms with van der Waals surface area (Å²) < 4.78 is 53.7. The van der Waals surface area contributed by atoms with Gasteiger partial charge in [0.25, 0.3) is 0 Å². The number of ether oxygens (including phenoxy) is 1. The number of hydrogen-bond donors (Lipinski definition) is 0. The highest BCUT2D eigenvalue weighted by Crippen LogP contribution is 2.23. The Balaban J connectivity index is 2.42. The lowest BCUT2D eigenvalue weighted by atomic mass is 10.2. The Hall–Kier alpha value is -0.780. The maximum Gasteiger partial charge on any atom is 0.389 e. The lowest BCUT2D eigenvalue weighted by Gasteiger charge is -2.09. The number of halogens is 5. The summed E-state index contributed by atoms with van der Waals surface area (Å²) in [5.41, 5.74) is 0.741. The minimum atomic E-state index is -4.19. The quantitative estimate of drug-likeness (QED) is 0.443. The summed E-state index contributed by atoms with van der Waals surface area (Å²) >= 11 is 3.17. The Kier molecular flexibility index (Phi) is 5.24. The van der Waals surface area contributed by atoms with Crippen LogP contribution in [0.25, 0.3) is 0 Å². The number of rotatable bonds is 5. The second-order valence-corrected chi connectivity index (χ2v) is 4.03. The van der Waals surface area contributed by atoms with Gasteiger partial charge in [0.2, 0.25) is 0 Å². The molecule has 0 aliphatic heterocycles. The molecule has 0 amide bonds. The van der Waals surface area contributed by atoms with Crippen LogP contribution in [0.5, 0.6) is 5.75 Å². The predicted molar refractivity (Wildman–Crippen MR) is 59.8 cm³/mol. The molecule has 0 aliphatic rings. The normalized spacial score (nSPS) is 11.6. The summed E-state index contributed by atoms with van der Waals surface area (Å²) in [6.45, 7) is -0.149. The lowest BCUT2D eigenvalue weighted by Crippen LogP contribution is -2.10. The van der Waals surface area contributed by atoms with Gasteiger partial charge in [-0.25, -0.2) is 4.39 Å². The van der Waals surface area contributed by atoms with E-state index in [1.54, 1.807) is 6.07 Å². The summed E-state index contributed by atoms with van der Waals surface area (Å²) in [6.07, 6.45) is -5.29. The minimum absolute atomic E-state index is 0.0168. The Morgan fingerprint density at radius 2 is 1.94 bits per heavy atom. The first-order chi connectivity index (χ1) is 7.92. The van der Waals surface area contributed by atoms with Gasteiger partial charge in [0.1, 0.15) is 0 Å². The third kappa shape index (κ3) is 5.39. The van der Waals surface area contributed by atoms with Crippen LogP contribution in [-0.2, 0) is 5.33 Å². The molecule has 0 N–H and O–H groups in total. The van der Waals surface area contributed by atoms with E-state index < -0.39 is 18.4 Å². The average Bonchev–Trinajstić information content (AvgIpc) is 2.24. The van der Waals surface area contributed by atoms with Crippen molar-refractivity contribution < 1.29 is 22.3 Å². The third-order valence-corrected chi connectivity index (χ3v) is 2.66. The first-order valence-corrected chi connectivity index (χ1v) is 6.08. The van der Waals surface area contributed by atoms with E-state index in [9.17, 15) is 17.6 Å². The van der Waals surface area contributed by atoms with Crippen LogP contribution >= 0.6 is 15.9 Å². The number of alkyl halides is 4. The third-order valence-electron chi connectivity index (χ3n) is 2.01. The Bertz CT molecular complexity index is 365. The fourth-order valence-electron chi connectivity index (χ4n) is 1.20. The Morgan fingerprint density at radius 1 is 1.24 bits per heavy atom. The van der Waals surface area contributed by atoms with E-state index in [1.165, 1.54) is 12.1 Å². The van der Waals surface area contributed by atoms with E-state index in [1.807, 2.05) is 0 Å². The van der Waals surface area contributed by atoms with Crippen molar-refractivity contribution in [2.75, 3.05) is 6.61 Å². The van der Waals surface area contributed by atoms with Gasteiger partial charge >= 0.3 is 6.18 Å². The van der Waals surface area contributed by atoms with E-state index >= 15 is 0 Å². The molecule has 0 saturated carbocycles. The van der Waals surface area contributed by atoms with Gasteiger partial charge in [-0.1, -0.05) is 22.0 Å². The van der Waals surface area contributed by atoms with Crippen molar-refractivity contribution in [3.05, 3.63) is 29.6 Å². The second kappa shape index (κ2) is 6.23. The molecule has 0 unspecified atom stereocenters. The topological polar surface area (TPSA) is 9.23 Å². The van der Waals surface area contributed by atoms with Crippen molar-refractivity contribution in [1.82, 2.24) is 0 Å². The highest BCUT2D eigenvalue weighted by atomic mass is 79.9. The fourth-order valence-corrected chi connectivity index (χ4v) is 1.55. The van der Waals surface area contributed by atoms with Gasteiger partial charge in [0, 0.05) is 11.8 Å². The number of hydrogen-bond acceptors (Lipinski definition) is 1. The van der Waals surface area contributed by atoms with Crippen LogP contribution in [0.3, 0.4) is 0 Å². The predicted octanol–water partition coefficient (Wildman–Crippen LogP) is 4.44. The van der Waals surface area contributed by atoms with Gasteiger partial charge in [-0.2, -0.15) is 13.2 Å². The summed E-state index contributed by atoms with van der Waals surface area (Å²) in [5.74, 6) is -0.578. The highest BCUT2D eigenvalue weighted by molar-refractivity contribution is 9.08. The largest absolute Gasteiger partial charge is 0.491 e. The van der Waals surface area contributed by atoms with Gasteiger partial charge in [0.05, 0.1) is 6.61 Å². The molecule has 6 heteroatoms. The molecular formula is C11H11BrF4O. The van der Waals surface area contributed by atoms with Gasteiger partial charge in [-0.05, 0) is 24.1 Å². The van der Waals surface area contributed by atoms with E-state index in [0.29, 0.717) is 5.33 Å². The minimum Gasteiger partial charge on any atom is -0.491 e. The SMILES string of the molecule is Fc1cc(CBr)ccc1OCCCC(F)(F)F. The van der Waals surface area contributed by atoms with Crippen molar-refractivity contribution in [2.24, 2.45) is 0 Å². The van der Waals surface area contributed by atoms with Crippen LogP contribution in [0.4, 0.5) is 17.6 Å². The van der Waals surface area contributed by atoms with Crippen LogP contribution in [-0.4, -0.2) is 12.8 Å². The monoisotopic (exact) mass is 314 g/mol. The maximum atomic E-state index is 13.3. The van der Waals surface area contributed by atoms with Crippen LogP contribution in [0.1, 0.15) is 18.4 Å². The molecular weight excluding hydrogens is 304 g/mol. The van der Waals surface area contributed by atoms with Crippen LogP contribution in [0.15, 0.2) is 18.2 Å². The molecule has 0 aromatic heterocycles. The Morgan fingerprint density at radius 3 is 2.47 bits per heavy atom. The second-order valence-electron chi connectivity index (χ2n) is 3.47. The first-order valence-electron chi connectivity index (χ1n) is 4.96. The summed E-state index contributed by atoms with van der Waals surface area (Å²) in [4.78, 5) is 0. The molecule has 0 heterocycles.